The largest absolute Gasteiger partial charge is 0.245 e. The van der Waals surface area contributed by atoms with Gasteiger partial charge in [-0.25, -0.2) is 4.48 Å². The van der Waals surface area contributed by atoms with Gasteiger partial charge in [-0.3, -0.25) is 0 Å². The summed E-state index contributed by atoms with van der Waals surface area (Å²) >= 11 is 0. The van der Waals surface area contributed by atoms with Crippen LogP contribution in [0.5, 0.6) is 0 Å². The molecule has 2 atom stereocenters. The van der Waals surface area contributed by atoms with Gasteiger partial charge in [-0.05, 0) is 19.9 Å². The van der Waals surface area contributed by atoms with Crippen LogP contribution < -0.4 is 4.48 Å². The molecule has 2 heterocycles. The molecular weight excluding hydrogens is 218 g/mol. The Hall–Kier alpha value is -1.34. The van der Waals surface area contributed by atoms with Gasteiger partial charge < -0.3 is 0 Å². The smallest absolute Gasteiger partial charge is 0.156 e. The molecule has 3 rings (SSSR count). The van der Waals surface area contributed by atoms with Gasteiger partial charge in [0.25, 0.3) is 0 Å². The van der Waals surface area contributed by atoms with Crippen molar-refractivity contribution >= 4 is 11.3 Å². The first kappa shape index (κ1) is 11.7. The lowest BCUT2D eigenvalue weighted by Gasteiger charge is -2.20. The van der Waals surface area contributed by atoms with E-state index in [1.54, 1.807) is 0 Å². The quantitative estimate of drug-likeness (QED) is 0.527. The third-order valence-corrected chi connectivity index (χ3v) is 5.21. The number of hydrogen-bond acceptors (Lipinski definition) is 0. The maximum absolute atomic E-state index is 4.02. The molecule has 0 saturated carbocycles. The van der Waals surface area contributed by atoms with Crippen molar-refractivity contribution in [1.29, 1.82) is 0 Å². The summed E-state index contributed by atoms with van der Waals surface area (Å²) in [6, 6.07) is 9.54. The monoisotopic (exact) mass is 240 g/mol. The van der Waals surface area contributed by atoms with Crippen molar-refractivity contribution in [3.63, 3.8) is 0 Å². The summed E-state index contributed by atoms with van der Waals surface area (Å²) in [6.07, 6.45) is 3.26. The standard InChI is InChI=1S/C17H22N/c1-6-13-12(3)18(16(7-2)17(18,4)5)15-11-9-8-10-14(13)15/h6,8-11,16H,1,7H2,2-5H3/q+1. The zero-order valence-electron chi connectivity index (χ0n) is 11.8. The average molecular weight is 240 g/mol. The third kappa shape index (κ3) is 0.986. The fraction of sp³-hybridized carbons (Fsp3) is 0.412. The third-order valence-electron chi connectivity index (χ3n) is 5.21. The number of rotatable bonds is 2. The molecule has 1 heteroatoms. The molecule has 0 aliphatic carbocycles. The number of para-hydroxylation sites is 1. The van der Waals surface area contributed by atoms with Gasteiger partial charge in [0.1, 0.15) is 11.4 Å². The zero-order chi connectivity index (χ0) is 13.1. The highest BCUT2D eigenvalue weighted by atomic mass is 15.6. The molecule has 0 bridgehead atoms. The van der Waals surface area contributed by atoms with Crippen LogP contribution in [0.3, 0.4) is 0 Å². The fourth-order valence-corrected chi connectivity index (χ4v) is 4.52. The van der Waals surface area contributed by atoms with Gasteiger partial charge in [0, 0.05) is 30.5 Å². The molecule has 1 saturated heterocycles. The minimum atomic E-state index is 0.319. The highest BCUT2D eigenvalue weighted by molar-refractivity contribution is 5.92. The van der Waals surface area contributed by atoms with E-state index in [9.17, 15) is 0 Å². The number of hydrogen-bond donors (Lipinski definition) is 0. The molecule has 2 unspecified atom stereocenters. The molecule has 1 nitrogen and oxygen atoms in total. The summed E-state index contributed by atoms with van der Waals surface area (Å²) in [5.41, 5.74) is 5.99. The van der Waals surface area contributed by atoms with E-state index in [-0.39, 0.29) is 0 Å². The van der Waals surface area contributed by atoms with E-state index in [4.69, 9.17) is 0 Å². The van der Waals surface area contributed by atoms with Crippen LogP contribution in [-0.4, -0.2) is 11.6 Å². The van der Waals surface area contributed by atoms with Crippen LogP contribution in [0.1, 0.15) is 39.7 Å². The van der Waals surface area contributed by atoms with Gasteiger partial charge in [-0.15, -0.1) is 0 Å². The Bertz CT molecular complexity index is 565. The number of allylic oxidation sites excluding steroid dienone is 3. The Balaban J connectivity index is 2.31. The van der Waals surface area contributed by atoms with Crippen molar-refractivity contribution in [3.05, 3.63) is 48.2 Å². The maximum Gasteiger partial charge on any atom is 0.156 e. The first-order valence-electron chi connectivity index (χ1n) is 6.86. The van der Waals surface area contributed by atoms with Gasteiger partial charge in [-0.1, -0.05) is 31.7 Å². The van der Waals surface area contributed by atoms with E-state index in [0.717, 1.165) is 4.48 Å². The first-order chi connectivity index (χ1) is 8.53. The predicted molar refractivity (Wildman–Crippen MR) is 79.2 cm³/mol. The Morgan fingerprint density at radius 1 is 1.33 bits per heavy atom. The van der Waals surface area contributed by atoms with Crippen molar-refractivity contribution in [3.8, 4) is 0 Å². The molecule has 2 aliphatic rings. The van der Waals surface area contributed by atoms with Crippen LogP contribution in [0.2, 0.25) is 0 Å². The second kappa shape index (κ2) is 3.36. The minimum Gasteiger partial charge on any atom is -0.245 e. The molecule has 0 amide bonds. The van der Waals surface area contributed by atoms with Crippen molar-refractivity contribution in [2.24, 2.45) is 0 Å². The lowest BCUT2D eigenvalue weighted by Crippen LogP contribution is -2.30. The van der Waals surface area contributed by atoms with Gasteiger partial charge in [0.2, 0.25) is 0 Å². The molecule has 1 aromatic rings. The van der Waals surface area contributed by atoms with E-state index < -0.39 is 0 Å². The topological polar surface area (TPSA) is 0 Å². The molecule has 0 N–H and O–H groups in total. The van der Waals surface area contributed by atoms with Crippen molar-refractivity contribution in [2.45, 2.75) is 45.7 Å². The van der Waals surface area contributed by atoms with Crippen molar-refractivity contribution in [2.75, 3.05) is 0 Å². The van der Waals surface area contributed by atoms with Crippen LogP contribution in [0, 0.1) is 0 Å². The zero-order valence-corrected chi connectivity index (χ0v) is 11.8. The van der Waals surface area contributed by atoms with Crippen LogP contribution in [0.15, 0.2) is 42.6 Å². The van der Waals surface area contributed by atoms with Gasteiger partial charge in [0.05, 0.1) is 0 Å². The fourth-order valence-electron chi connectivity index (χ4n) is 4.52. The minimum absolute atomic E-state index is 0.319. The molecule has 1 fully saturated rings. The molecule has 0 radical (unpaired) electrons. The van der Waals surface area contributed by atoms with Gasteiger partial charge >= 0.3 is 0 Å². The second-order valence-corrected chi connectivity index (χ2v) is 6.02. The molecule has 2 aliphatic heterocycles. The highest BCUT2D eigenvalue weighted by Crippen LogP contribution is 2.64. The van der Waals surface area contributed by atoms with E-state index in [0.29, 0.717) is 11.6 Å². The number of fused-ring (bicyclic) bond motifs is 2. The van der Waals surface area contributed by atoms with Crippen LogP contribution in [-0.2, 0) is 0 Å². The van der Waals surface area contributed by atoms with Crippen LogP contribution in [0.4, 0.5) is 5.69 Å². The van der Waals surface area contributed by atoms with Gasteiger partial charge in [0.15, 0.2) is 11.6 Å². The van der Waals surface area contributed by atoms with Crippen LogP contribution >= 0.6 is 0 Å². The summed E-state index contributed by atoms with van der Waals surface area (Å²) in [5.74, 6) is 0. The Morgan fingerprint density at radius 2 is 2.00 bits per heavy atom. The van der Waals surface area contributed by atoms with Crippen LogP contribution in [0.25, 0.3) is 5.57 Å². The summed E-state index contributed by atoms with van der Waals surface area (Å²) in [5, 5.41) is 0. The molecule has 1 aromatic carbocycles. The van der Waals surface area contributed by atoms with E-state index in [1.165, 1.54) is 28.9 Å². The van der Waals surface area contributed by atoms with E-state index >= 15 is 0 Å². The summed E-state index contributed by atoms with van der Waals surface area (Å²) < 4.78 is 1.06. The summed E-state index contributed by atoms with van der Waals surface area (Å²) in [7, 11) is 0. The molecule has 18 heavy (non-hydrogen) atoms. The lowest BCUT2D eigenvalue weighted by atomic mass is 10.1. The SMILES string of the molecule is C=CC1=C(C)[N+]2(c3ccccc31)C(CC)C2(C)C. The highest BCUT2D eigenvalue weighted by Gasteiger charge is 2.77. The number of quaternary nitrogens is 1. The lowest BCUT2D eigenvalue weighted by molar-refractivity contribution is 0.521. The Kier molecular flexibility index (Phi) is 2.19. The van der Waals surface area contributed by atoms with Gasteiger partial charge in [-0.2, -0.15) is 0 Å². The van der Waals surface area contributed by atoms with Crippen molar-refractivity contribution in [1.82, 2.24) is 4.48 Å². The average Bonchev–Trinajstić information content (AvgIpc) is 2.74. The normalized spacial score (nSPS) is 31.7. The Morgan fingerprint density at radius 3 is 2.56 bits per heavy atom. The number of benzene rings is 1. The van der Waals surface area contributed by atoms with Crippen molar-refractivity contribution < 1.29 is 0 Å². The number of nitrogens with zero attached hydrogens (tertiary/aromatic N) is 1. The second-order valence-electron chi connectivity index (χ2n) is 6.02. The Labute approximate surface area is 110 Å². The molecule has 0 aromatic heterocycles. The summed E-state index contributed by atoms with van der Waals surface area (Å²) in [6.45, 7) is 13.4. The van der Waals surface area contributed by atoms with E-state index in [2.05, 4.69) is 58.5 Å². The molecule has 1 spiro atoms. The first-order valence-corrected chi connectivity index (χ1v) is 6.86. The van der Waals surface area contributed by atoms with E-state index in [1.807, 2.05) is 6.08 Å². The molecular formula is C17H22N+. The maximum atomic E-state index is 4.02. The summed E-state index contributed by atoms with van der Waals surface area (Å²) in [4.78, 5) is 0. The predicted octanol–water partition coefficient (Wildman–Crippen LogP) is 4.50. The molecule has 94 valence electrons.